The number of aliphatic hydroxyl groups excluding tert-OH is 3. The van der Waals surface area contributed by atoms with Gasteiger partial charge in [0.25, 0.3) is 0 Å². The highest BCUT2D eigenvalue weighted by atomic mass is 16.4. The minimum absolute atomic E-state index is 0.00641. The van der Waals surface area contributed by atoms with Crippen LogP contribution < -0.4 is 92.1 Å². The molecule has 0 spiro atoms. The van der Waals surface area contributed by atoms with Crippen molar-refractivity contribution in [1.29, 1.82) is 0 Å². The number of aromatic nitrogens is 1. The second-order valence-electron chi connectivity index (χ2n) is 31.0. The summed E-state index contributed by atoms with van der Waals surface area (Å²) in [5.74, 6) is -17.4. The van der Waals surface area contributed by atoms with Crippen molar-refractivity contribution in [1.82, 2.24) is 74.1 Å². The molecule has 0 saturated carbocycles. The summed E-state index contributed by atoms with van der Waals surface area (Å²) in [7, 11) is 0. The number of carboxylic acids is 2. The average molecular weight is 1660 g/mol. The number of aromatic amines is 1. The van der Waals surface area contributed by atoms with E-state index in [1.165, 1.54) is 6.20 Å². The molecule has 13 amide bonds. The molecule has 3 aromatic rings. The Kier molecular flexibility index (Phi) is 46.0. The Balaban J connectivity index is 1.94. The molecule has 0 fully saturated rings. The summed E-state index contributed by atoms with van der Waals surface area (Å²) < 4.78 is 0. The third-order valence-corrected chi connectivity index (χ3v) is 20.5. The quantitative estimate of drug-likeness (QED) is 0.0271. The number of H-pyrrole nitrogens is 1. The van der Waals surface area contributed by atoms with Crippen LogP contribution >= 0.6 is 0 Å². The summed E-state index contributed by atoms with van der Waals surface area (Å²) in [5.41, 5.74) is 24.5. The number of para-hydroxylation sites is 1. The van der Waals surface area contributed by atoms with Crippen LogP contribution in [0.15, 0.2) is 60.8 Å². The minimum atomic E-state index is -1.96. The predicted molar refractivity (Wildman–Crippen MR) is 438 cm³/mol. The van der Waals surface area contributed by atoms with E-state index >= 15 is 0 Å². The van der Waals surface area contributed by atoms with Crippen LogP contribution in [0.2, 0.25) is 0 Å². The number of primary amides is 1. The molecular weight excluding hydrogens is 1530 g/mol. The molecule has 0 aliphatic carbocycles. The maximum Gasteiger partial charge on any atom is 0.326 e. The second kappa shape index (κ2) is 53.2. The van der Waals surface area contributed by atoms with Gasteiger partial charge >= 0.3 is 11.9 Å². The monoisotopic (exact) mass is 1660 g/mol. The Morgan fingerprint density at radius 3 is 1.26 bits per heavy atom. The van der Waals surface area contributed by atoms with Gasteiger partial charge in [0.1, 0.15) is 72.5 Å². The molecular formula is C80H130N18O20. The minimum Gasteiger partial charge on any atom is -0.481 e. The van der Waals surface area contributed by atoms with Crippen LogP contribution in [-0.2, 0) is 84.8 Å². The van der Waals surface area contributed by atoms with Crippen molar-refractivity contribution in [2.45, 2.75) is 244 Å². The molecule has 16 atom stereocenters. The number of hydrogen-bond acceptors (Lipinski definition) is 22. The first-order valence-corrected chi connectivity index (χ1v) is 40.5. The van der Waals surface area contributed by atoms with Crippen LogP contribution in [0.1, 0.15) is 164 Å². The number of carbonyl (C=O) groups excluding carboxylic acids is 13. The fourth-order valence-electron chi connectivity index (χ4n) is 12.8. The molecule has 27 N–H and O–H groups in total. The van der Waals surface area contributed by atoms with Gasteiger partial charge in [0.2, 0.25) is 76.8 Å². The van der Waals surface area contributed by atoms with E-state index in [9.17, 15) is 97.5 Å². The lowest BCUT2D eigenvalue weighted by atomic mass is 9.95. The second-order valence-corrected chi connectivity index (χ2v) is 31.0. The lowest BCUT2D eigenvalue weighted by Crippen LogP contribution is -2.62. The number of carboxylic acid groups (broad SMARTS) is 2. The van der Waals surface area contributed by atoms with Crippen molar-refractivity contribution in [2.75, 3.05) is 46.0 Å². The number of fused-ring (bicyclic) bond motifs is 1. The normalized spacial score (nSPS) is 15.5. The van der Waals surface area contributed by atoms with Crippen LogP contribution in [0.5, 0.6) is 0 Å². The van der Waals surface area contributed by atoms with Crippen LogP contribution in [0, 0.1) is 35.5 Å². The fraction of sp³-hybridized carbons (Fsp3) is 0.637. The Morgan fingerprint density at radius 2 is 0.797 bits per heavy atom. The zero-order valence-corrected chi connectivity index (χ0v) is 69.5. The molecule has 3 rings (SSSR count). The van der Waals surface area contributed by atoms with E-state index in [0.29, 0.717) is 40.9 Å². The third-order valence-electron chi connectivity index (χ3n) is 20.5. The summed E-state index contributed by atoms with van der Waals surface area (Å²) in [4.78, 5) is 211. The van der Waals surface area contributed by atoms with Crippen molar-refractivity contribution in [2.24, 2.45) is 58.4 Å². The first kappa shape index (κ1) is 102. The van der Waals surface area contributed by atoms with Crippen LogP contribution in [0.25, 0.3) is 10.9 Å². The molecule has 0 aliphatic heterocycles. The summed E-state index contributed by atoms with van der Waals surface area (Å²) in [6.45, 7) is 15.3. The van der Waals surface area contributed by atoms with E-state index < -0.39 is 224 Å². The topological polar surface area (TPSA) is 633 Å². The lowest BCUT2D eigenvalue weighted by Gasteiger charge is -2.30. The van der Waals surface area contributed by atoms with E-state index in [-0.39, 0.29) is 76.6 Å². The summed E-state index contributed by atoms with van der Waals surface area (Å²) >= 11 is 0. The van der Waals surface area contributed by atoms with Gasteiger partial charge in [-0.05, 0) is 117 Å². The first-order valence-electron chi connectivity index (χ1n) is 40.5. The van der Waals surface area contributed by atoms with E-state index in [0.717, 1.165) is 25.7 Å². The summed E-state index contributed by atoms with van der Waals surface area (Å²) in [5, 5.41) is 85.3. The molecule has 38 nitrogen and oxygen atoms in total. The van der Waals surface area contributed by atoms with E-state index in [1.54, 1.807) is 96.1 Å². The number of rotatable bonds is 58. The number of aliphatic carboxylic acids is 2. The van der Waals surface area contributed by atoms with Gasteiger partial charge in [0.05, 0.1) is 19.3 Å². The van der Waals surface area contributed by atoms with Gasteiger partial charge in [-0.3, -0.25) is 67.1 Å². The van der Waals surface area contributed by atoms with Gasteiger partial charge in [0.15, 0.2) is 0 Å². The maximum atomic E-state index is 14.7. The van der Waals surface area contributed by atoms with Gasteiger partial charge in [-0.15, -0.1) is 0 Å². The number of benzene rings is 2. The Morgan fingerprint density at radius 1 is 0.390 bits per heavy atom. The number of aliphatic hydroxyl groups is 3. The van der Waals surface area contributed by atoms with E-state index in [1.807, 2.05) is 13.8 Å². The van der Waals surface area contributed by atoms with Gasteiger partial charge in [-0.25, -0.2) is 4.79 Å². The number of nitrogens with one attached hydrogen (secondary N) is 14. The number of nitrogens with two attached hydrogens (primary N) is 4. The first-order chi connectivity index (χ1) is 55.9. The number of carbonyl (C=O) groups is 15. The van der Waals surface area contributed by atoms with Gasteiger partial charge in [-0.1, -0.05) is 143 Å². The molecule has 118 heavy (non-hydrogen) atoms. The van der Waals surface area contributed by atoms with Gasteiger partial charge in [0, 0.05) is 55.9 Å². The third kappa shape index (κ3) is 34.7. The Hall–Kier alpha value is -10.2. The summed E-state index contributed by atoms with van der Waals surface area (Å²) in [6.07, 6.45) is 2.31. The van der Waals surface area contributed by atoms with Crippen LogP contribution in [0.3, 0.4) is 0 Å². The predicted octanol–water partition coefficient (Wildman–Crippen LogP) is -2.80. The largest absolute Gasteiger partial charge is 0.481 e. The Labute approximate surface area is 688 Å². The molecule has 2 aromatic carbocycles. The van der Waals surface area contributed by atoms with Crippen molar-refractivity contribution in [3.05, 3.63) is 71.9 Å². The highest BCUT2D eigenvalue weighted by Crippen LogP contribution is 2.22. The molecule has 660 valence electrons. The van der Waals surface area contributed by atoms with Crippen LogP contribution in [-0.4, -0.2) is 244 Å². The van der Waals surface area contributed by atoms with Crippen molar-refractivity contribution in [3.63, 3.8) is 0 Å². The molecule has 0 saturated heterocycles. The maximum absolute atomic E-state index is 14.7. The highest BCUT2D eigenvalue weighted by molar-refractivity contribution is 6.00. The zero-order chi connectivity index (χ0) is 88.5. The standard InChI is InChI=1S/C80H130N18O20/c1-11-46(9)20-18-23-49(40-99)38-86-64(43(3)4)76(113)90-56(32-35-83)71(108)96-65(44(5)6)77(114)95-61(42-101)75(112)93-59(37-50-39-85-52-25-17-16-24-51(50)52)73(110)94-60(41-100)74(111)88-53(27-29-62(84)102)68(105)89-55(31-34-82)69(106)92-58(36-48-21-14-13-15-22-48)72(109)87-54(28-30-63(103)104)70(107)97-66(45(7)8)78(115)98-67(47(10)12-2)79(116)91-57(80(117)118)26-19-33-81/h13-17,21-22,24-25,39,43-47,49,53-61,64-67,85-86,99-101H,11-12,18-20,23,26-38,40-42,81-83H2,1-10H3,(H2,84,102)(H,87,109)(H,88,111)(H,89,105)(H,90,113)(H,91,116)(H,92,106)(H,93,112)(H,94,110)(H,95,114)(H,96,108)(H,97,107)(H,98,115)(H,103,104)(H,117,118). The molecule has 0 aliphatic rings. The SMILES string of the molecule is CCC(C)CCCC(CO)CNC(C(=O)NC(CCN)C(=O)NC(C(=O)NC(CO)C(=O)NC(Cc1c[nH]c2ccccc12)C(=O)NC(CO)C(=O)NC(CCC(N)=O)C(=O)NC(CCN)C(=O)NC(Cc1ccccc1)C(=O)NC(CCC(=O)O)C(=O)NC(C(=O)NC(C(=O)NC(CCCN)C(=O)O)C(C)CC)C(C)C)C(C)C)C(C)C. The summed E-state index contributed by atoms with van der Waals surface area (Å²) in [6, 6.07) is -4.86. The van der Waals surface area contributed by atoms with Gasteiger partial charge in [-0.2, -0.15) is 0 Å². The van der Waals surface area contributed by atoms with Crippen molar-refractivity contribution >= 4 is 99.6 Å². The lowest BCUT2D eigenvalue weighted by molar-refractivity contribution is -0.143. The molecule has 1 aromatic heterocycles. The molecule has 1 heterocycles. The van der Waals surface area contributed by atoms with E-state index in [4.69, 9.17) is 22.9 Å². The molecule has 38 heteroatoms. The highest BCUT2D eigenvalue weighted by Gasteiger charge is 2.40. The number of hydrogen-bond donors (Lipinski definition) is 23. The molecule has 16 unspecified atom stereocenters. The molecule has 0 radical (unpaired) electrons. The Bertz CT molecular complexity index is 3750. The van der Waals surface area contributed by atoms with E-state index in [2.05, 4.69) is 87.9 Å². The smallest absolute Gasteiger partial charge is 0.326 e. The zero-order valence-electron chi connectivity index (χ0n) is 69.5. The van der Waals surface area contributed by atoms with Crippen LogP contribution in [0.4, 0.5) is 0 Å². The van der Waals surface area contributed by atoms with Crippen molar-refractivity contribution < 1.29 is 97.5 Å². The number of amides is 13. The van der Waals surface area contributed by atoms with Gasteiger partial charge < -0.3 is 123 Å². The fourth-order valence-corrected chi connectivity index (χ4v) is 12.8. The molecule has 0 bridgehead atoms. The average Bonchev–Trinajstić information content (AvgIpc) is 1.66. The van der Waals surface area contributed by atoms with Crippen molar-refractivity contribution in [3.8, 4) is 0 Å².